The first-order valence-corrected chi connectivity index (χ1v) is 12.4. The molecule has 6 nitrogen and oxygen atoms in total. The molecule has 31 heavy (non-hydrogen) atoms. The first-order valence-electron chi connectivity index (χ1n) is 12.4. The van der Waals surface area contributed by atoms with Crippen molar-refractivity contribution >= 4 is 0 Å². The number of rotatable bonds is 5. The largest absolute Gasteiger partial charge is 0.474 e. The predicted octanol–water partition coefficient (Wildman–Crippen LogP) is 4.09. The van der Waals surface area contributed by atoms with E-state index in [9.17, 15) is 0 Å². The third kappa shape index (κ3) is 4.03. The lowest BCUT2D eigenvalue weighted by molar-refractivity contribution is -0.0873. The van der Waals surface area contributed by atoms with Crippen LogP contribution in [0.5, 0.6) is 17.2 Å². The molecule has 0 spiro atoms. The molecule has 0 amide bonds. The number of hydrogen-bond acceptors (Lipinski definition) is 6. The van der Waals surface area contributed by atoms with Crippen LogP contribution in [-0.2, 0) is 4.74 Å². The highest BCUT2D eigenvalue weighted by Crippen LogP contribution is 2.52. The highest BCUT2D eigenvalue weighted by Gasteiger charge is 2.44. The molecule has 0 bridgehead atoms. The normalized spacial score (nSPS) is 33.2. The minimum atomic E-state index is 0.0993. The van der Waals surface area contributed by atoms with Gasteiger partial charge in [-0.25, -0.2) is 0 Å². The van der Waals surface area contributed by atoms with Crippen LogP contribution in [-0.4, -0.2) is 68.3 Å². The molecule has 6 heteroatoms. The van der Waals surface area contributed by atoms with E-state index < -0.39 is 0 Å². The maximum atomic E-state index is 6.65. The number of nitrogens with zero attached hydrogens (tertiary/aromatic N) is 2. The highest BCUT2D eigenvalue weighted by molar-refractivity contribution is 5.54. The summed E-state index contributed by atoms with van der Waals surface area (Å²) in [6.45, 7) is 13.1. The van der Waals surface area contributed by atoms with Gasteiger partial charge in [0.25, 0.3) is 0 Å². The SMILES string of the molecule is CCN(CC)C1CCC([C@@H]2c3cc4c(cc3O[C@H](N3CCOCC3)[C@@H]2C)OCO4)CC1. The number of hydrogen-bond donors (Lipinski definition) is 0. The second kappa shape index (κ2) is 9.16. The lowest BCUT2D eigenvalue weighted by Crippen LogP contribution is -2.53. The predicted molar refractivity (Wildman–Crippen MR) is 120 cm³/mol. The zero-order valence-corrected chi connectivity index (χ0v) is 19.3. The molecular formula is C25H38N2O4. The molecule has 0 aromatic heterocycles. The van der Waals surface area contributed by atoms with Crippen molar-refractivity contribution in [3.8, 4) is 17.2 Å². The van der Waals surface area contributed by atoms with Crippen LogP contribution < -0.4 is 14.2 Å². The van der Waals surface area contributed by atoms with E-state index >= 15 is 0 Å². The van der Waals surface area contributed by atoms with Crippen LogP contribution in [0.3, 0.4) is 0 Å². The average molecular weight is 431 g/mol. The molecule has 3 heterocycles. The van der Waals surface area contributed by atoms with Crippen LogP contribution in [0.2, 0.25) is 0 Å². The van der Waals surface area contributed by atoms with Gasteiger partial charge >= 0.3 is 0 Å². The molecule has 5 rings (SSSR count). The topological polar surface area (TPSA) is 43.4 Å². The van der Waals surface area contributed by atoms with E-state index in [-0.39, 0.29) is 6.23 Å². The Morgan fingerprint density at radius 2 is 1.61 bits per heavy atom. The van der Waals surface area contributed by atoms with Crippen molar-refractivity contribution in [3.05, 3.63) is 17.7 Å². The van der Waals surface area contributed by atoms with Gasteiger partial charge < -0.3 is 23.8 Å². The summed E-state index contributed by atoms with van der Waals surface area (Å²) in [4.78, 5) is 5.13. The first-order chi connectivity index (χ1) is 15.2. The quantitative estimate of drug-likeness (QED) is 0.701. The molecule has 0 N–H and O–H groups in total. The van der Waals surface area contributed by atoms with E-state index in [4.69, 9.17) is 18.9 Å². The van der Waals surface area contributed by atoms with Gasteiger partial charge in [0.05, 0.1) is 13.2 Å². The molecule has 1 saturated carbocycles. The summed E-state index contributed by atoms with van der Waals surface area (Å²) in [5, 5.41) is 0. The maximum absolute atomic E-state index is 6.65. The van der Waals surface area contributed by atoms with E-state index in [0.29, 0.717) is 24.5 Å². The van der Waals surface area contributed by atoms with Gasteiger partial charge in [0.2, 0.25) is 6.79 Å². The first kappa shape index (κ1) is 21.4. The fraction of sp³-hybridized carbons (Fsp3) is 0.760. The van der Waals surface area contributed by atoms with Crippen molar-refractivity contribution in [3.63, 3.8) is 0 Å². The molecule has 1 aliphatic carbocycles. The zero-order valence-electron chi connectivity index (χ0n) is 19.3. The fourth-order valence-electron chi connectivity index (χ4n) is 6.49. The highest BCUT2D eigenvalue weighted by atomic mass is 16.7. The number of fused-ring (bicyclic) bond motifs is 2. The average Bonchev–Trinajstić information content (AvgIpc) is 3.27. The van der Waals surface area contributed by atoms with Crippen LogP contribution in [0, 0.1) is 11.8 Å². The van der Waals surface area contributed by atoms with Gasteiger partial charge in [0.1, 0.15) is 5.75 Å². The monoisotopic (exact) mass is 430 g/mol. The van der Waals surface area contributed by atoms with Crippen molar-refractivity contribution in [1.29, 1.82) is 0 Å². The van der Waals surface area contributed by atoms with E-state index in [0.717, 1.165) is 62.7 Å². The second-order valence-corrected chi connectivity index (χ2v) is 9.57. The van der Waals surface area contributed by atoms with E-state index in [2.05, 4.69) is 42.7 Å². The summed E-state index contributed by atoms with van der Waals surface area (Å²) >= 11 is 0. The summed E-state index contributed by atoms with van der Waals surface area (Å²) in [5.74, 6) is 4.30. The van der Waals surface area contributed by atoms with Gasteiger partial charge in [0.15, 0.2) is 17.7 Å². The van der Waals surface area contributed by atoms with Gasteiger partial charge in [-0.15, -0.1) is 0 Å². The summed E-state index contributed by atoms with van der Waals surface area (Å²) in [6.07, 6.45) is 5.29. The van der Waals surface area contributed by atoms with E-state index in [1.165, 1.54) is 31.2 Å². The van der Waals surface area contributed by atoms with Crippen molar-refractivity contribution in [2.75, 3.05) is 46.2 Å². The van der Waals surface area contributed by atoms with Crippen molar-refractivity contribution in [1.82, 2.24) is 9.80 Å². The van der Waals surface area contributed by atoms with Crippen molar-refractivity contribution in [2.24, 2.45) is 11.8 Å². The summed E-state index contributed by atoms with van der Waals surface area (Å²) in [6, 6.07) is 5.03. The molecule has 1 aromatic rings. The Morgan fingerprint density at radius 3 is 2.29 bits per heavy atom. The smallest absolute Gasteiger partial charge is 0.231 e. The molecular weight excluding hydrogens is 392 g/mol. The maximum Gasteiger partial charge on any atom is 0.231 e. The third-order valence-electron chi connectivity index (χ3n) is 8.11. The number of benzene rings is 1. The van der Waals surface area contributed by atoms with Crippen LogP contribution >= 0.6 is 0 Å². The Hall–Kier alpha value is -1.50. The molecule has 1 aromatic carbocycles. The van der Waals surface area contributed by atoms with E-state index in [1.54, 1.807) is 0 Å². The molecule has 2 fully saturated rings. The van der Waals surface area contributed by atoms with Gasteiger partial charge in [-0.05, 0) is 56.7 Å². The van der Waals surface area contributed by atoms with Crippen LogP contribution in [0.15, 0.2) is 12.1 Å². The lowest BCUT2D eigenvalue weighted by atomic mass is 9.68. The molecule has 1 saturated heterocycles. The van der Waals surface area contributed by atoms with Crippen LogP contribution in [0.1, 0.15) is 57.9 Å². The Kier molecular flexibility index (Phi) is 6.31. The molecule has 0 unspecified atom stereocenters. The Balaban J connectivity index is 1.42. The summed E-state index contributed by atoms with van der Waals surface area (Å²) in [7, 11) is 0. The Bertz CT molecular complexity index is 754. The molecule has 172 valence electrons. The Morgan fingerprint density at radius 1 is 0.935 bits per heavy atom. The minimum Gasteiger partial charge on any atom is -0.474 e. The van der Waals surface area contributed by atoms with Gasteiger partial charge in [-0.3, -0.25) is 4.90 Å². The molecule has 3 aliphatic heterocycles. The third-order valence-corrected chi connectivity index (χ3v) is 8.11. The van der Waals surface area contributed by atoms with Crippen LogP contribution in [0.4, 0.5) is 0 Å². The molecule has 3 atom stereocenters. The molecule has 4 aliphatic rings. The second-order valence-electron chi connectivity index (χ2n) is 9.57. The summed E-state index contributed by atoms with van der Waals surface area (Å²) in [5.41, 5.74) is 1.33. The fourth-order valence-corrected chi connectivity index (χ4v) is 6.49. The lowest BCUT2D eigenvalue weighted by Gasteiger charge is -2.48. The van der Waals surface area contributed by atoms with Gasteiger partial charge in [-0.2, -0.15) is 0 Å². The van der Waals surface area contributed by atoms with Crippen LogP contribution in [0.25, 0.3) is 0 Å². The van der Waals surface area contributed by atoms with Gasteiger partial charge in [-0.1, -0.05) is 20.8 Å². The molecule has 0 radical (unpaired) electrons. The van der Waals surface area contributed by atoms with E-state index in [1.807, 2.05) is 0 Å². The minimum absolute atomic E-state index is 0.0993. The van der Waals surface area contributed by atoms with Crippen molar-refractivity contribution < 1.29 is 18.9 Å². The number of morpholine rings is 1. The zero-order chi connectivity index (χ0) is 21.4. The van der Waals surface area contributed by atoms with Gasteiger partial charge in [0, 0.05) is 36.7 Å². The Labute approximate surface area is 186 Å². The number of ether oxygens (including phenoxy) is 4. The van der Waals surface area contributed by atoms with Crippen molar-refractivity contribution in [2.45, 2.75) is 64.6 Å². The standard InChI is InChI=1S/C25H38N2O4/c1-4-26(5-2)19-8-6-18(7-9-19)24-17(3)25(27-10-12-28-13-11-27)31-21-15-23-22(14-20(21)24)29-16-30-23/h14-15,17-19,24-25H,4-13,16H2,1-3H3/t17-,18?,19?,24-,25+/m1/s1. The summed E-state index contributed by atoms with van der Waals surface area (Å²) < 4.78 is 23.7.